The van der Waals surface area contributed by atoms with E-state index >= 15 is 0 Å². The minimum absolute atomic E-state index is 0.503. The van der Waals surface area contributed by atoms with Crippen LogP contribution in [0.4, 0.5) is 5.95 Å². The van der Waals surface area contributed by atoms with E-state index in [2.05, 4.69) is 20.3 Å². The molecule has 0 spiro atoms. The average Bonchev–Trinajstić information content (AvgIpc) is 2.76. The van der Waals surface area contributed by atoms with Crippen LogP contribution in [0.25, 0.3) is 0 Å². The predicted molar refractivity (Wildman–Crippen MR) is 60.0 cm³/mol. The molecule has 0 saturated heterocycles. The summed E-state index contributed by atoms with van der Waals surface area (Å²) in [7, 11) is 0. The maximum Gasteiger partial charge on any atom is 0.223 e. The zero-order valence-corrected chi connectivity index (χ0v) is 9.40. The molecule has 0 aliphatic heterocycles. The summed E-state index contributed by atoms with van der Waals surface area (Å²) in [6.07, 6.45) is 6.13. The summed E-state index contributed by atoms with van der Waals surface area (Å²) in [4.78, 5) is 12.4. The number of aromatic nitrogens is 3. The molecule has 1 N–H and O–H groups in total. The Kier molecular flexibility index (Phi) is 3.14. The molecule has 2 heterocycles. The number of rotatable bonds is 4. The molecule has 2 aromatic heterocycles. The second kappa shape index (κ2) is 4.74. The zero-order valence-electron chi connectivity index (χ0n) is 9.40. The van der Waals surface area contributed by atoms with Gasteiger partial charge in [0.2, 0.25) is 11.8 Å². The quantitative estimate of drug-likeness (QED) is 0.849. The first-order valence-electron chi connectivity index (χ1n) is 5.24. The first-order valence-corrected chi connectivity index (χ1v) is 5.24. The van der Waals surface area contributed by atoms with Crippen molar-refractivity contribution in [3.8, 4) is 0 Å². The number of anilines is 1. The summed E-state index contributed by atoms with van der Waals surface area (Å²) in [5.74, 6) is 2.13. The molecule has 0 saturated carbocycles. The van der Waals surface area contributed by atoms with Crippen LogP contribution in [-0.4, -0.2) is 15.0 Å². The first kappa shape index (κ1) is 10.6. The molecule has 5 nitrogen and oxygen atoms in total. The Bertz CT molecular complexity index is 449. The molecule has 0 radical (unpaired) electrons. The van der Waals surface area contributed by atoms with Crippen molar-refractivity contribution in [2.24, 2.45) is 0 Å². The fourth-order valence-corrected chi connectivity index (χ4v) is 1.23. The molecule has 0 amide bonds. The van der Waals surface area contributed by atoms with Crippen LogP contribution >= 0.6 is 0 Å². The summed E-state index contributed by atoms with van der Waals surface area (Å²) in [6, 6.07) is 0. The number of oxazole rings is 1. The summed E-state index contributed by atoms with van der Waals surface area (Å²) in [6.45, 7) is 4.48. The number of hydrogen-bond donors (Lipinski definition) is 1. The highest BCUT2D eigenvalue weighted by atomic mass is 16.4. The molecule has 0 unspecified atom stereocenters. The van der Waals surface area contributed by atoms with Gasteiger partial charge in [0.1, 0.15) is 5.76 Å². The van der Waals surface area contributed by atoms with Gasteiger partial charge in [0.05, 0.1) is 12.7 Å². The second-order valence-corrected chi connectivity index (χ2v) is 3.51. The summed E-state index contributed by atoms with van der Waals surface area (Å²) in [5, 5.41) is 3.05. The molecule has 2 aromatic rings. The Morgan fingerprint density at radius 1 is 1.19 bits per heavy atom. The Morgan fingerprint density at radius 3 is 2.56 bits per heavy atom. The predicted octanol–water partition coefficient (Wildman–Crippen LogP) is 1.95. The van der Waals surface area contributed by atoms with Gasteiger partial charge in [0, 0.05) is 18.8 Å². The van der Waals surface area contributed by atoms with Crippen molar-refractivity contribution in [1.29, 1.82) is 0 Å². The van der Waals surface area contributed by atoms with Crippen LogP contribution in [-0.2, 0) is 13.0 Å². The monoisotopic (exact) mass is 218 g/mol. The van der Waals surface area contributed by atoms with Gasteiger partial charge in [0.25, 0.3) is 0 Å². The van der Waals surface area contributed by atoms with E-state index in [-0.39, 0.29) is 0 Å². The van der Waals surface area contributed by atoms with Crippen molar-refractivity contribution >= 4 is 5.95 Å². The van der Waals surface area contributed by atoms with Gasteiger partial charge in [-0.25, -0.2) is 15.0 Å². The third-order valence-electron chi connectivity index (χ3n) is 2.13. The number of aryl methyl sites for hydroxylation is 2. The topological polar surface area (TPSA) is 63.8 Å². The molecule has 0 aliphatic carbocycles. The van der Waals surface area contributed by atoms with Crippen LogP contribution in [0.5, 0.6) is 0 Å². The summed E-state index contributed by atoms with van der Waals surface area (Å²) < 4.78 is 5.45. The van der Waals surface area contributed by atoms with Gasteiger partial charge in [-0.15, -0.1) is 0 Å². The van der Waals surface area contributed by atoms with Gasteiger partial charge < -0.3 is 9.73 Å². The number of hydrogen-bond acceptors (Lipinski definition) is 5. The van der Waals surface area contributed by atoms with Gasteiger partial charge >= 0.3 is 0 Å². The van der Waals surface area contributed by atoms with Gasteiger partial charge in [0.15, 0.2) is 0 Å². The molecule has 0 aliphatic rings. The highest BCUT2D eigenvalue weighted by molar-refractivity contribution is 5.24. The van der Waals surface area contributed by atoms with Crippen LogP contribution in [0.1, 0.15) is 24.1 Å². The van der Waals surface area contributed by atoms with E-state index < -0.39 is 0 Å². The van der Waals surface area contributed by atoms with E-state index in [0.717, 1.165) is 17.7 Å². The minimum Gasteiger partial charge on any atom is -0.444 e. The van der Waals surface area contributed by atoms with Crippen LogP contribution in [0.15, 0.2) is 23.0 Å². The van der Waals surface area contributed by atoms with Gasteiger partial charge in [-0.2, -0.15) is 0 Å². The fraction of sp³-hybridized carbons (Fsp3) is 0.364. The lowest BCUT2D eigenvalue weighted by Gasteiger charge is -2.01. The van der Waals surface area contributed by atoms with Crippen LogP contribution in [0.2, 0.25) is 0 Å². The van der Waals surface area contributed by atoms with Gasteiger partial charge in [-0.1, -0.05) is 6.92 Å². The maximum atomic E-state index is 5.45. The summed E-state index contributed by atoms with van der Waals surface area (Å²) >= 11 is 0. The van der Waals surface area contributed by atoms with E-state index in [4.69, 9.17) is 4.42 Å². The summed E-state index contributed by atoms with van der Waals surface area (Å²) in [5.41, 5.74) is 1.04. The van der Waals surface area contributed by atoms with E-state index in [1.54, 1.807) is 18.6 Å². The zero-order chi connectivity index (χ0) is 11.4. The molecular weight excluding hydrogens is 204 g/mol. The SMILES string of the molecule is CCc1cnc(CNc2ncc(C)cn2)o1. The van der Waals surface area contributed by atoms with Crippen molar-refractivity contribution in [3.63, 3.8) is 0 Å². The molecule has 5 heteroatoms. The highest BCUT2D eigenvalue weighted by Crippen LogP contribution is 2.06. The van der Waals surface area contributed by atoms with Crippen molar-refractivity contribution in [2.75, 3.05) is 5.32 Å². The molecule has 0 aromatic carbocycles. The van der Waals surface area contributed by atoms with Crippen molar-refractivity contribution in [3.05, 3.63) is 35.8 Å². The average molecular weight is 218 g/mol. The largest absolute Gasteiger partial charge is 0.444 e. The highest BCUT2D eigenvalue weighted by Gasteiger charge is 2.02. The standard InChI is InChI=1S/C11H14N4O/c1-3-9-6-12-10(16-9)7-15-11-13-4-8(2)5-14-11/h4-6H,3,7H2,1-2H3,(H,13,14,15). The molecule has 0 atom stereocenters. The molecule has 84 valence electrons. The van der Waals surface area contributed by atoms with Crippen LogP contribution in [0, 0.1) is 6.92 Å². The van der Waals surface area contributed by atoms with Crippen LogP contribution in [0.3, 0.4) is 0 Å². The Labute approximate surface area is 94.0 Å². The first-order chi connectivity index (χ1) is 7.78. The molecule has 0 bridgehead atoms. The van der Waals surface area contributed by atoms with E-state index in [0.29, 0.717) is 18.4 Å². The van der Waals surface area contributed by atoms with E-state index in [1.165, 1.54) is 0 Å². The van der Waals surface area contributed by atoms with Gasteiger partial charge in [-0.05, 0) is 12.5 Å². The lowest BCUT2D eigenvalue weighted by atomic mass is 10.4. The van der Waals surface area contributed by atoms with Crippen molar-refractivity contribution in [2.45, 2.75) is 26.8 Å². The Balaban J connectivity index is 1.94. The van der Waals surface area contributed by atoms with Gasteiger partial charge in [-0.3, -0.25) is 0 Å². The smallest absolute Gasteiger partial charge is 0.223 e. The third kappa shape index (κ3) is 2.56. The molecule has 2 rings (SSSR count). The third-order valence-corrected chi connectivity index (χ3v) is 2.13. The maximum absolute atomic E-state index is 5.45. The van der Waals surface area contributed by atoms with Crippen molar-refractivity contribution < 1.29 is 4.42 Å². The Morgan fingerprint density at radius 2 is 1.94 bits per heavy atom. The van der Waals surface area contributed by atoms with E-state index in [1.807, 2.05) is 13.8 Å². The molecule has 16 heavy (non-hydrogen) atoms. The second-order valence-electron chi connectivity index (χ2n) is 3.51. The normalized spacial score (nSPS) is 10.4. The lowest BCUT2D eigenvalue weighted by molar-refractivity contribution is 0.465. The number of nitrogens with zero attached hydrogens (tertiary/aromatic N) is 3. The molecular formula is C11H14N4O. The minimum atomic E-state index is 0.503. The van der Waals surface area contributed by atoms with E-state index in [9.17, 15) is 0 Å². The fourth-order valence-electron chi connectivity index (χ4n) is 1.23. The van der Waals surface area contributed by atoms with Crippen molar-refractivity contribution in [1.82, 2.24) is 15.0 Å². The van der Waals surface area contributed by atoms with Crippen LogP contribution < -0.4 is 5.32 Å². The number of nitrogens with one attached hydrogen (secondary N) is 1. The molecule has 0 fully saturated rings. The Hall–Kier alpha value is -1.91. The lowest BCUT2D eigenvalue weighted by Crippen LogP contribution is -2.03.